The molecule has 2 rings (SSSR count). The Morgan fingerprint density at radius 1 is 0.619 bits per heavy atom. The Morgan fingerprint density at radius 3 is 1.31 bits per heavy atom. The number of hydrogen-bond donors (Lipinski definition) is 2. The first-order valence-electron chi connectivity index (χ1n) is 13.5. The van der Waals surface area contributed by atoms with Crippen molar-refractivity contribution in [3.8, 4) is 0 Å². The summed E-state index contributed by atoms with van der Waals surface area (Å²) in [7, 11) is 2.82. The molecule has 0 aliphatic heterocycles. The van der Waals surface area contributed by atoms with Crippen LogP contribution in [0, 0.1) is 0 Å². The van der Waals surface area contributed by atoms with E-state index in [1.165, 1.54) is 44.6 Å². The fraction of sp³-hybridized carbons (Fsp3) is 0.467. The first-order chi connectivity index (χ1) is 20.2. The van der Waals surface area contributed by atoms with Gasteiger partial charge in [0.05, 0.1) is 22.3 Å². The minimum Gasteiger partial charge on any atom is -0.478 e. The highest BCUT2D eigenvalue weighted by Crippen LogP contribution is 2.12. The summed E-state index contributed by atoms with van der Waals surface area (Å²) in [5, 5.41) is 18.0. The van der Waals surface area contributed by atoms with E-state index in [9.17, 15) is 19.2 Å². The topological polar surface area (TPSA) is 164 Å². The highest BCUT2D eigenvalue weighted by atomic mass is 16.7. The van der Waals surface area contributed by atoms with Crippen LogP contribution < -0.4 is 0 Å². The maximum atomic E-state index is 12.1. The summed E-state index contributed by atoms with van der Waals surface area (Å²) in [6, 6.07) is 11.8. The molecule has 0 atom stereocenters. The third-order valence-electron chi connectivity index (χ3n) is 5.58. The predicted molar refractivity (Wildman–Crippen MR) is 151 cm³/mol. The summed E-state index contributed by atoms with van der Waals surface area (Å²) in [4.78, 5) is 45.9. The number of carbonyl (C=O) groups is 4. The predicted octanol–water partition coefficient (Wildman–Crippen LogP) is 4.66. The lowest BCUT2D eigenvalue weighted by molar-refractivity contribution is -0.164. The second-order valence-electron chi connectivity index (χ2n) is 8.68. The van der Waals surface area contributed by atoms with E-state index in [0.29, 0.717) is 13.2 Å². The SMILES string of the molecule is CCCCOC(COC(=O)c1ccccc1C(=O)O)OCCCC.COC(COC(=O)c1ccccc1C(=O)O)OC. The smallest absolute Gasteiger partial charge is 0.339 e. The quantitative estimate of drug-likeness (QED) is 0.140. The molecule has 12 heteroatoms. The number of benzene rings is 2. The van der Waals surface area contributed by atoms with Gasteiger partial charge in [0.15, 0.2) is 12.6 Å². The largest absolute Gasteiger partial charge is 0.478 e. The van der Waals surface area contributed by atoms with Crippen LogP contribution in [0.15, 0.2) is 48.5 Å². The van der Waals surface area contributed by atoms with Gasteiger partial charge in [-0.1, -0.05) is 51.0 Å². The summed E-state index contributed by atoms with van der Waals surface area (Å²) in [6.07, 6.45) is 2.46. The summed E-state index contributed by atoms with van der Waals surface area (Å²) >= 11 is 0. The molecule has 0 aliphatic rings. The van der Waals surface area contributed by atoms with Crippen LogP contribution in [0.5, 0.6) is 0 Å². The molecule has 0 bridgehead atoms. The second kappa shape index (κ2) is 20.9. The van der Waals surface area contributed by atoms with Crippen molar-refractivity contribution in [1.82, 2.24) is 0 Å². The van der Waals surface area contributed by atoms with Crippen molar-refractivity contribution in [2.24, 2.45) is 0 Å². The van der Waals surface area contributed by atoms with Crippen LogP contribution in [0.25, 0.3) is 0 Å². The number of aromatic carboxylic acids is 2. The molecule has 0 unspecified atom stereocenters. The molecule has 0 fully saturated rings. The molecule has 232 valence electrons. The fourth-order valence-electron chi connectivity index (χ4n) is 3.23. The van der Waals surface area contributed by atoms with Gasteiger partial charge in [0, 0.05) is 27.4 Å². The first kappa shape index (κ1) is 36.2. The van der Waals surface area contributed by atoms with Gasteiger partial charge in [-0.3, -0.25) is 0 Å². The summed E-state index contributed by atoms with van der Waals surface area (Å²) in [5.41, 5.74) is -0.173. The number of carboxylic acid groups (broad SMARTS) is 2. The number of hydrogen-bond acceptors (Lipinski definition) is 10. The minimum absolute atomic E-state index is 0.00374. The van der Waals surface area contributed by atoms with Crippen molar-refractivity contribution in [2.75, 3.05) is 40.6 Å². The van der Waals surface area contributed by atoms with Crippen molar-refractivity contribution >= 4 is 23.9 Å². The maximum absolute atomic E-state index is 12.1. The molecule has 12 nitrogen and oxygen atoms in total. The average Bonchev–Trinajstić information content (AvgIpc) is 3.00. The lowest BCUT2D eigenvalue weighted by Gasteiger charge is -2.18. The zero-order chi connectivity index (χ0) is 31.3. The van der Waals surface area contributed by atoms with Crippen molar-refractivity contribution < 1.29 is 57.8 Å². The molecule has 0 aromatic heterocycles. The van der Waals surface area contributed by atoms with Crippen LogP contribution in [0.4, 0.5) is 0 Å². The van der Waals surface area contributed by atoms with Gasteiger partial charge < -0.3 is 38.6 Å². The number of rotatable bonds is 18. The van der Waals surface area contributed by atoms with Gasteiger partial charge in [0.2, 0.25) is 0 Å². The maximum Gasteiger partial charge on any atom is 0.339 e. The molecule has 0 saturated carbocycles. The Kier molecular flexibility index (Phi) is 18.0. The average molecular weight is 593 g/mol. The Hall–Kier alpha value is -3.84. The van der Waals surface area contributed by atoms with Crippen molar-refractivity contribution in [3.63, 3.8) is 0 Å². The fourth-order valence-corrected chi connectivity index (χ4v) is 3.23. The highest BCUT2D eigenvalue weighted by Gasteiger charge is 2.20. The van der Waals surface area contributed by atoms with Gasteiger partial charge in [-0.05, 0) is 37.1 Å². The van der Waals surface area contributed by atoms with Crippen molar-refractivity contribution in [2.45, 2.75) is 52.1 Å². The van der Waals surface area contributed by atoms with E-state index in [-0.39, 0.29) is 35.5 Å². The zero-order valence-corrected chi connectivity index (χ0v) is 24.4. The molecule has 0 radical (unpaired) electrons. The number of unbranched alkanes of at least 4 members (excludes halogenated alkanes) is 2. The zero-order valence-electron chi connectivity index (χ0n) is 24.4. The van der Waals surface area contributed by atoms with Gasteiger partial charge >= 0.3 is 23.9 Å². The van der Waals surface area contributed by atoms with Gasteiger partial charge in [-0.2, -0.15) is 0 Å². The van der Waals surface area contributed by atoms with E-state index >= 15 is 0 Å². The molecule has 2 aromatic carbocycles. The van der Waals surface area contributed by atoms with Crippen molar-refractivity contribution in [1.29, 1.82) is 0 Å². The Balaban J connectivity index is 0.000000437. The normalized spacial score (nSPS) is 10.6. The lowest BCUT2D eigenvalue weighted by Crippen LogP contribution is -2.26. The number of ether oxygens (including phenoxy) is 6. The molecule has 2 aromatic rings. The number of carboxylic acids is 2. The van der Waals surface area contributed by atoms with E-state index in [1.807, 2.05) is 0 Å². The monoisotopic (exact) mass is 592 g/mol. The van der Waals surface area contributed by atoms with Crippen LogP contribution in [0.2, 0.25) is 0 Å². The molecule has 0 spiro atoms. The Morgan fingerprint density at radius 2 is 0.976 bits per heavy atom. The van der Waals surface area contributed by atoms with Crippen LogP contribution in [0.1, 0.15) is 81.0 Å². The third-order valence-corrected chi connectivity index (χ3v) is 5.58. The van der Waals surface area contributed by atoms with E-state index in [4.69, 9.17) is 38.6 Å². The molecular weight excluding hydrogens is 552 g/mol. The highest BCUT2D eigenvalue weighted by molar-refractivity contribution is 6.03. The minimum atomic E-state index is -1.18. The first-order valence-corrected chi connectivity index (χ1v) is 13.5. The standard InChI is InChI=1S/C18H26O6.C12H14O6/c1-3-5-11-22-16(23-12-6-4-2)13-24-18(21)15-10-8-7-9-14(15)17(19)20;1-16-10(17-2)7-18-12(15)9-6-4-3-5-8(9)11(13)14/h7-10,16H,3-6,11-13H2,1-2H3,(H,19,20);3-6,10H,7H2,1-2H3,(H,13,14). The Bertz CT molecular complexity index is 1100. The van der Waals surface area contributed by atoms with Crippen LogP contribution in [-0.4, -0.2) is 87.3 Å². The Labute approximate surface area is 245 Å². The summed E-state index contributed by atoms with van der Waals surface area (Å²) in [6.45, 7) is 4.98. The number of carbonyl (C=O) groups excluding carboxylic acids is 2. The molecule has 0 saturated heterocycles. The molecule has 42 heavy (non-hydrogen) atoms. The van der Waals surface area contributed by atoms with E-state index < -0.39 is 36.5 Å². The van der Waals surface area contributed by atoms with Crippen LogP contribution >= 0.6 is 0 Å². The molecule has 2 N–H and O–H groups in total. The molecule has 0 heterocycles. The second-order valence-corrected chi connectivity index (χ2v) is 8.68. The number of esters is 2. The van der Waals surface area contributed by atoms with Gasteiger partial charge in [0.25, 0.3) is 0 Å². The van der Waals surface area contributed by atoms with Gasteiger partial charge in [-0.25, -0.2) is 19.2 Å². The van der Waals surface area contributed by atoms with Crippen LogP contribution in [0.3, 0.4) is 0 Å². The summed E-state index contributed by atoms with van der Waals surface area (Å²) in [5.74, 6) is -3.78. The van der Waals surface area contributed by atoms with E-state index in [2.05, 4.69) is 13.8 Å². The number of methoxy groups -OCH3 is 2. The molecular formula is C30H40O12. The molecule has 0 amide bonds. The van der Waals surface area contributed by atoms with E-state index in [0.717, 1.165) is 25.7 Å². The summed E-state index contributed by atoms with van der Waals surface area (Å²) < 4.78 is 31.0. The van der Waals surface area contributed by atoms with E-state index in [1.54, 1.807) is 18.2 Å². The molecule has 0 aliphatic carbocycles. The lowest BCUT2D eigenvalue weighted by atomic mass is 10.1. The third kappa shape index (κ3) is 13.2. The van der Waals surface area contributed by atoms with Gasteiger partial charge in [-0.15, -0.1) is 0 Å². The van der Waals surface area contributed by atoms with Crippen molar-refractivity contribution in [3.05, 3.63) is 70.8 Å². The van der Waals surface area contributed by atoms with Gasteiger partial charge in [0.1, 0.15) is 13.2 Å². The van der Waals surface area contributed by atoms with Crippen LogP contribution in [-0.2, 0) is 28.4 Å².